The van der Waals surface area contributed by atoms with Gasteiger partial charge in [-0.15, -0.1) is 0 Å². The first-order chi connectivity index (χ1) is 5.97. The Labute approximate surface area is 77.2 Å². The number of hydrogen-bond acceptors (Lipinski definition) is 4. The van der Waals surface area contributed by atoms with Crippen LogP contribution in [0.2, 0.25) is 0 Å². The van der Waals surface area contributed by atoms with E-state index < -0.39 is 16.0 Å². The smallest absolute Gasteiger partial charge is 0.269 e. The first-order valence-corrected chi connectivity index (χ1v) is 5.75. The van der Waals surface area contributed by atoms with E-state index in [0.29, 0.717) is 0 Å². The quantitative estimate of drug-likeness (QED) is 0.650. The van der Waals surface area contributed by atoms with E-state index in [9.17, 15) is 12.8 Å². The van der Waals surface area contributed by atoms with Crippen LogP contribution in [0.15, 0.2) is 0 Å². The maximum atomic E-state index is 13.6. The molecule has 13 heavy (non-hydrogen) atoms. The largest absolute Gasteiger partial charge is 0.381 e. The van der Waals surface area contributed by atoms with E-state index in [0.717, 1.165) is 0 Å². The fourth-order valence-electron chi connectivity index (χ4n) is 1.05. The SMILES string of the molecule is CCS(=O)(=O)OC1(F)CCOCC1. The van der Waals surface area contributed by atoms with E-state index in [-0.39, 0.29) is 31.8 Å². The van der Waals surface area contributed by atoms with Gasteiger partial charge in [0.2, 0.25) is 5.85 Å². The van der Waals surface area contributed by atoms with Crippen LogP contribution in [-0.2, 0) is 19.0 Å². The predicted molar refractivity (Wildman–Crippen MR) is 44.4 cm³/mol. The monoisotopic (exact) mass is 212 g/mol. The summed E-state index contributed by atoms with van der Waals surface area (Å²) in [6, 6.07) is 0. The average Bonchev–Trinajstić information content (AvgIpc) is 2.04. The molecule has 1 aliphatic heterocycles. The Balaban J connectivity index is 2.60. The van der Waals surface area contributed by atoms with Gasteiger partial charge < -0.3 is 4.74 Å². The lowest BCUT2D eigenvalue weighted by molar-refractivity contribution is -0.127. The highest BCUT2D eigenvalue weighted by Gasteiger charge is 2.37. The fraction of sp³-hybridized carbons (Fsp3) is 1.00. The zero-order valence-corrected chi connectivity index (χ0v) is 8.27. The van der Waals surface area contributed by atoms with Gasteiger partial charge in [-0.1, -0.05) is 0 Å². The molecule has 0 unspecified atom stereocenters. The van der Waals surface area contributed by atoms with Crippen LogP contribution in [0, 0.1) is 0 Å². The molecule has 0 spiro atoms. The van der Waals surface area contributed by atoms with Crippen molar-refractivity contribution in [3.05, 3.63) is 0 Å². The van der Waals surface area contributed by atoms with Crippen LogP contribution in [0.1, 0.15) is 19.8 Å². The zero-order valence-electron chi connectivity index (χ0n) is 7.45. The second-order valence-corrected chi connectivity index (χ2v) is 4.78. The summed E-state index contributed by atoms with van der Waals surface area (Å²) in [5.41, 5.74) is 0. The van der Waals surface area contributed by atoms with Gasteiger partial charge in [-0.3, -0.25) is 0 Å². The first-order valence-electron chi connectivity index (χ1n) is 4.17. The summed E-state index contributed by atoms with van der Waals surface area (Å²) in [7, 11) is -3.71. The van der Waals surface area contributed by atoms with E-state index in [1.807, 2.05) is 0 Å². The summed E-state index contributed by atoms with van der Waals surface area (Å²) in [5.74, 6) is -2.26. The highest BCUT2D eigenvalue weighted by molar-refractivity contribution is 7.86. The van der Waals surface area contributed by atoms with E-state index in [4.69, 9.17) is 4.74 Å². The van der Waals surface area contributed by atoms with Crippen LogP contribution in [-0.4, -0.2) is 33.2 Å². The van der Waals surface area contributed by atoms with Crippen LogP contribution in [0.5, 0.6) is 0 Å². The van der Waals surface area contributed by atoms with Gasteiger partial charge in [0.05, 0.1) is 19.0 Å². The molecule has 4 nitrogen and oxygen atoms in total. The number of ether oxygens (including phenoxy) is 1. The predicted octanol–water partition coefficient (Wildman–Crippen LogP) is 0.829. The molecular formula is C7H13FO4S. The van der Waals surface area contributed by atoms with Gasteiger partial charge in [0.15, 0.2) is 0 Å². The van der Waals surface area contributed by atoms with E-state index in [2.05, 4.69) is 4.18 Å². The molecule has 1 rings (SSSR count). The van der Waals surface area contributed by atoms with Gasteiger partial charge in [-0.05, 0) is 6.92 Å². The topological polar surface area (TPSA) is 52.6 Å². The third kappa shape index (κ3) is 3.21. The molecule has 1 fully saturated rings. The van der Waals surface area contributed by atoms with E-state index in [1.54, 1.807) is 0 Å². The van der Waals surface area contributed by atoms with E-state index in [1.165, 1.54) is 6.92 Å². The molecule has 1 aliphatic rings. The molecule has 0 bridgehead atoms. The highest BCUT2D eigenvalue weighted by Crippen LogP contribution is 2.28. The average molecular weight is 212 g/mol. The number of rotatable bonds is 3. The third-order valence-electron chi connectivity index (χ3n) is 1.87. The van der Waals surface area contributed by atoms with Gasteiger partial charge in [-0.25, -0.2) is 8.57 Å². The maximum absolute atomic E-state index is 13.6. The molecule has 0 aromatic carbocycles. The van der Waals surface area contributed by atoms with Crippen molar-refractivity contribution in [3.63, 3.8) is 0 Å². The molecule has 0 amide bonds. The van der Waals surface area contributed by atoms with Crippen molar-refractivity contribution >= 4 is 10.1 Å². The normalized spacial score (nSPS) is 22.9. The summed E-state index contributed by atoms with van der Waals surface area (Å²) in [5, 5.41) is 0. The molecule has 0 N–H and O–H groups in total. The maximum Gasteiger partial charge on any atom is 0.269 e. The summed E-state index contributed by atoms with van der Waals surface area (Å²) in [4.78, 5) is 0. The van der Waals surface area contributed by atoms with Crippen molar-refractivity contribution in [2.45, 2.75) is 25.6 Å². The second kappa shape index (κ2) is 3.89. The van der Waals surface area contributed by atoms with Crippen molar-refractivity contribution < 1.29 is 21.7 Å². The summed E-state index contributed by atoms with van der Waals surface area (Å²) < 4.78 is 44.9. The standard InChI is InChI=1S/C7H13FO4S/c1-2-13(9,10)12-7(8)3-5-11-6-4-7/h2-6H2,1H3. The van der Waals surface area contributed by atoms with Crippen LogP contribution < -0.4 is 0 Å². The second-order valence-electron chi connectivity index (χ2n) is 2.93. The van der Waals surface area contributed by atoms with Crippen LogP contribution in [0.3, 0.4) is 0 Å². The molecule has 1 saturated heterocycles. The Morgan fingerprint density at radius 2 is 2.00 bits per heavy atom. The van der Waals surface area contributed by atoms with Crippen molar-refractivity contribution in [2.24, 2.45) is 0 Å². The lowest BCUT2D eigenvalue weighted by atomic mass is 10.1. The molecule has 0 aliphatic carbocycles. The summed E-state index contributed by atoms with van der Waals surface area (Å²) in [6.07, 6.45) is -0.0432. The molecule has 0 atom stereocenters. The number of alkyl halides is 1. The number of hydrogen-bond donors (Lipinski definition) is 0. The zero-order chi connectivity index (χ0) is 9.95. The molecule has 0 radical (unpaired) electrons. The minimum atomic E-state index is -3.71. The Morgan fingerprint density at radius 1 is 1.46 bits per heavy atom. The molecule has 0 saturated carbocycles. The van der Waals surface area contributed by atoms with Crippen molar-refractivity contribution in [1.82, 2.24) is 0 Å². The Morgan fingerprint density at radius 3 is 2.46 bits per heavy atom. The molecule has 0 aromatic rings. The summed E-state index contributed by atoms with van der Waals surface area (Å²) in [6.45, 7) is 1.82. The first kappa shape index (κ1) is 10.9. The highest BCUT2D eigenvalue weighted by atomic mass is 32.2. The third-order valence-corrected chi connectivity index (χ3v) is 3.13. The van der Waals surface area contributed by atoms with Crippen LogP contribution in [0.4, 0.5) is 4.39 Å². The van der Waals surface area contributed by atoms with Crippen molar-refractivity contribution in [2.75, 3.05) is 19.0 Å². The van der Waals surface area contributed by atoms with Crippen molar-refractivity contribution in [3.8, 4) is 0 Å². The molecule has 0 aromatic heterocycles. The van der Waals surface area contributed by atoms with Crippen LogP contribution >= 0.6 is 0 Å². The fourth-order valence-corrected chi connectivity index (χ4v) is 1.79. The molecular weight excluding hydrogens is 199 g/mol. The lowest BCUT2D eigenvalue weighted by Gasteiger charge is -2.28. The van der Waals surface area contributed by atoms with Gasteiger partial charge >= 0.3 is 0 Å². The minimum absolute atomic E-state index is 0.0216. The van der Waals surface area contributed by atoms with Gasteiger partial charge in [-0.2, -0.15) is 8.42 Å². The Hall–Kier alpha value is -0.200. The van der Waals surface area contributed by atoms with E-state index >= 15 is 0 Å². The van der Waals surface area contributed by atoms with Crippen LogP contribution in [0.25, 0.3) is 0 Å². The Kier molecular flexibility index (Phi) is 3.26. The summed E-state index contributed by atoms with van der Waals surface area (Å²) >= 11 is 0. The van der Waals surface area contributed by atoms with Gasteiger partial charge in [0.25, 0.3) is 10.1 Å². The number of halogens is 1. The van der Waals surface area contributed by atoms with Gasteiger partial charge in [0, 0.05) is 12.8 Å². The molecule has 1 heterocycles. The van der Waals surface area contributed by atoms with Gasteiger partial charge in [0.1, 0.15) is 0 Å². The minimum Gasteiger partial charge on any atom is -0.381 e. The lowest BCUT2D eigenvalue weighted by Crippen LogP contribution is -2.37. The molecule has 78 valence electrons. The molecule has 6 heteroatoms. The van der Waals surface area contributed by atoms with Crippen molar-refractivity contribution in [1.29, 1.82) is 0 Å². The Bertz CT molecular complexity index is 256.